The first-order valence-electron chi connectivity index (χ1n) is 13.2. The normalized spacial score (nSPS) is 29.1. The number of phenolic OH excluding ortho intramolecular Hbond substituents is 1. The molecule has 14 heteroatoms. The van der Waals surface area contributed by atoms with Crippen LogP contribution in [0.15, 0.2) is 33.0 Å². The van der Waals surface area contributed by atoms with E-state index in [9.17, 15) is 30.0 Å². The lowest BCUT2D eigenvalue weighted by Gasteiger charge is -2.51. The maximum atomic E-state index is 14.0. The van der Waals surface area contributed by atoms with E-state index in [4.69, 9.17) is 39.7 Å². The van der Waals surface area contributed by atoms with Gasteiger partial charge in [-0.15, -0.1) is 0 Å². The Morgan fingerprint density at radius 2 is 1.86 bits per heavy atom. The Hall–Kier alpha value is -3.69. The molecule has 0 fully saturated rings. The number of halogens is 1. The highest BCUT2D eigenvalue weighted by atomic mass is 35.5. The van der Waals surface area contributed by atoms with E-state index in [0.717, 1.165) is 4.90 Å². The van der Waals surface area contributed by atoms with Crippen molar-refractivity contribution in [2.24, 2.45) is 0 Å². The van der Waals surface area contributed by atoms with Crippen molar-refractivity contribution in [3.63, 3.8) is 0 Å². The molecule has 2 aliphatic carbocycles. The number of rotatable bonds is 3. The molecule has 13 nitrogen and oxygen atoms in total. The Morgan fingerprint density at radius 3 is 2.53 bits per heavy atom. The van der Waals surface area contributed by atoms with Crippen LogP contribution in [0, 0.1) is 0 Å². The summed E-state index contributed by atoms with van der Waals surface area (Å²) in [7, 11) is 5.43. The molecule has 0 spiro atoms. The number of ether oxygens (including phenoxy) is 5. The van der Waals surface area contributed by atoms with E-state index < -0.39 is 53.3 Å². The van der Waals surface area contributed by atoms with Crippen molar-refractivity contribution < 1.29 is 53.3 Å². The number of carbonyl (C=O) groups excluding carboxylic acids is 1. The monoisotopic (exact) mass is 620 g/mol. The quantitative estimate of drug-likeness (QED) is 0.314. The number of aliphatic hydroxyl groups is 3. The molecule has 2 aromatic carbocycles. The summed E-state index contributed by atoms with van der Waals surface area (Å²) < 4.78 is 34.3. The average Bonchev–Trinajstić information content (AvgIpc) is 2.99. The van der Waals surface area contributed by atoms with Gasteiger partial charge in [0.25, 0.3) is 5.91 Å². The molecule has 4 N–H and O–H groups in total. The number of likely N-dealkylation sites (N-methyl/N-ethyl adjacent to an activating group) is 1. The molecule has 2 aliphatic heterocycles. The molecule has 0 bridgehead atoms. The molecule has 0 saturated carbocycles. The van der Waals surface area contributed by atoms with Crippen LogP contribution in [0.4, 0.5) is 0 Å². The lowest BCUT2D eigenvalue weighted by molar-refractivity contribution is -0.158. The summed E-state index contributed by atoms with van der Waals surface area (Å²) in [5, 5.41) is 47.6. The number of nitrogens with zero attached hydrogens (tertiary/aromatic N) is 1. The van der Waals surface area contributed by atoms with E-state index in [2.05, 4.69) is 0 Å². The smallest absolute Gasteiger partial charge is 0.259 e. The van der Waals surface area contributed by atoms with Gasteiger partial charge in [0.15, 0.2) is 46.9 Å². The van der Waals surface area contributed by atoms with Gasteiger partial charge in [0.1, 0.15) is 30.2 Å². The molecule has 3 aromatic rings. The van der Waals surface area contributed by atoms with Gasteiger partial charge in [-0.2, -0.15) is 0 Å². The molecule has 6 atom stereocenters. The van der Waals surface area contributed by atoms with Gasteiger partial charge in [0.2, 0.25) is 0 Å². The summed E-state index contributed by atoms with van der Waals surface area (Å²) in [6, 6.07) is 4.23. The summed E-state index contributed by atoms with van der Waals surface area (Å²) in [5.74, 6) is -1.67. The van der Waals surface area contributed by atoms with Crippen molar-refractivity contribution in [3.8, 4) is 11.5 Å². The van der Waals surface area contributed by atoms with Crippen LogP contribution in [-0.2, 0) is 24.5 Å². The average molecular weight is 621 g/mol. The molecular formula is C29H26ClNO12. The number of aromatic hydroxyl groups is 1. The van der Waals surface area contributed by atoms with Crippen molar-refractivity contribution in [1.82, 2.24) is 4.90 Å². The molecule has 0 radical (unpaired) electrons. The van der Waals surface area contributed by atoms with Crippen molar-refractivity contribution in [1.29, 1.82) is 0 Å². The number of amides is 1. The predicted molar refractivity (Wildman–Crippen MR) is 146 cm³/mol. The van der Waals surface area contributed by atoms with Crippen LogP contribution in [0.25, 0.3) is 16.7 Å². The third-order valence-corrected chi connectivity index (χ3v) is 9.09. The number of fused-ring (bicyclic) bond motifs is 6. The Morgan fingerprint density at radius 1 is 1.12 bits per heavy atom. The van der Waals surface area contributed by atoms with Crippen molar-refractivity contribution in [3.05, 3.63) is 72.6 Å². The van der Waals surface area contributed by atoms with Gasteiger partial charge >= 0.3 is 0 Å². The summed E-state index contributed by atoms with van der Waals surface area (Å²) in [5.41, 5.74) is -4.24. The molecule has 43 heavy (non-hydrogen) atoms. The topological polar surface area (TPSA) is 178 Å². The van der Waals surface area contributed by atoms with Gasteiger partial charge in [-0.1, -0.05) is 11.6 Å². The summed E-state index contributed by atoms with van der Waals surface area (Å²) >= 11 is 6.28. The van der Waals surface area contributed by atoms with Crippen molar-refractivity contribution >= 4 is 34.2 Å². The maximum absolute atomic E-state index is 14.0. The van der Waals surface area contributed by atoms with Gasteiger partial charge < -0.3 is 53.4 Å². The second-order valence-corrected chi connectivity index (χ2v) is 11.1. The third kappa shape index (κ3) is 3.32. The minimum atomic E-state index is -2.57. The van der Waals surface area contributed by atoms with E-state index in [-0.39, 0.29) is 73.4 Å². The van der Waals surface area contributed by atoms with Crippen LogP contribution in [0.3, 0.4) is 0 Å². The van der Waals surface area contributed by atoms with Crippen LogP contribution < -0.4 is 10.2 Å². The van der Waals surface area contributed by atoms with Crippen LogP contribution in [0.5, 0.6) is 11.5 Å². The standard InChI is InChI=1S/C29H26ClNO12/c1-31-27(36)13-10(18(33)28(31)40-4)7-11-15(19(13)34)29(37)16-24(20(11)38-2)41-8-42-25(16)23-14(26(29)35)17(32)9-5-6-12(30)22(39-3)21(9)43-23/h5-7,18,20,24,26,28,33-35,37H,8H2,1-4H3/t18-,20+,24-,26?,28-,29?/m0/s1/i1+1,2+1,3+1,4+1,8+1. The minimum Gasteiger partial charge on any atom is -0.507 e. The molecule has 0 saturated heterocycles. The number of aliphatic hydroxyl groups excluding tert-OH is 2. The highest BCUT2D eigenvalue weighted by molar-refractivity contribution is 6.33. The van der Waals surface area contributed by atoms with Crippen LogP contribution >= 0.6 is 11.6 Å². The van der Waals surface area contributed by atoms with E-state index in [1.807, 2.05) is 0 Å². The van der Waals surface area contributed by atoms with Crippen LogP contribution in [-0.4, -0.2) is 78.7 Å². The first kappa shape index (κ1) is 28.1. The van der Waals surface area contributed by atoms with Gasteiger partial charge in [-0.25, -0.2) is 0 Å². The fraction of sp³-hybridized carbons (Fsp3) is 0.379. The largest absolute Gasteiger partial charge is 0.507 e. The maximum Gasteiger partial charge on any atom is 0.259 e. The number of benzene rings is 2. The van der Waals surface area contributed by atoms with E-state index >= 15 is 0 Å². The zero-order chi connectivity index (χ0) is 30.7. The Balaban J connectivity index is 1.59. The Kier molecular flexibility index (Phi) is 6.15. The Labute approximate surface area is 248 Å². The molecule has 3 heterocycles. The van der Waals surface area contributed by atoms with Gasteiger partial charge in [-0.3, -0.25) is 9.59 Å². The number of carbonyl (C=O) groups is 1. The number of hydrogen-bond donors (Lipinski definition) is 4. The lowest BCUT2D eigenvalue weighted by Crippen LogP contribution is -2.54. The summed E-state index contributed by atoms with van der Waals surface area (Å²) in [6.07, 6.45) is -6.65. The molecule has 1 aromatic heterocycles. The predicted octanol–water partition coefficient (Wildman–Crippen LogP) is 1.97. The van der Waals surface area contributed by atoms with Crippen LogP contribution in [0.2, 0.25) is 5.02 Å². The third-order valence-electron chi connectivity index (χ3n) is 8.80. The molecule has 226 valence electrons. The van der Waals surface area contributed by atoms with Crippen molar-refractivity contribution in [2.75, 3.05) is 35.2 Å². The molecule has 7 rings (SSSR count). The Bertz CT molecular complexity index is 1830. The lowest BCUT2D eigenvalue weighted by atomic mass is 9.64. The van der Waals surface area contributed by atoms with E-state index in [1.54, 1.807) is 0 Å². The number of phenols is 1. The number of hydrogen-bond acceptors (Lipinski definition) is 12. The summed E-state index contributed by atoms with van der Waals surface area (Å²) in [4.78, 5) is 28.5. The fourth-order valence-corrected chi connectivity index (χ4v) is 7.11. The zero-order valence-electron chi connectivity index (χ0n) is 23.2. The minimum absolute atomic E-state index is 0.00121. The van der Waals surface area contributed by atoms with E-state index in [0.29, 0.717) is 0 Å². The fourth-order valence-electron chi connectivity index (χ4n) is 6.88. The van der Waals surface area contributed by atoms with E-state index in [1.165, 1.54) is 46.6 Å². The highest BCUT2D eigenvalue weighted by Crippen LogP contribution is 2.62. The van der Waals surface area contributed by atoms with Gasteiger partial charge in [0, 0.05) is 38.0 Å². The number of methoxy groups -OCH3 is 3. The zero-order valence-corrected chi connectivity index (χ0v) is 24.0. The first-order chi connectivity index (χ1) is 20.5. The second-order valence-electron chi connectivity index (χ2n) is 10.7. The van der Waals surface area contributed by atoms with Crippen molar-refractivity contribution in [2.45, 2.75) is 36.2 Å². The SMILES string of the molecule is [13CH3]Oc1c(Cl)ccc2c(=O)c3c(oc12)C1=C2[C@H](O[13CH2]O1)[C@H](O[13CH3])c1cc4c(c(O)c1C2(O)C3O)C(=O)N([13CH3])[C@@H](O[13CH3])[C@H]4O. The molecular weight excluding hydrogens is 595 g/mol. The summed E-state index contributed by atoms with van der Waals surface area (Å²) in [6.45, 7) is -0.354. The molecule has 2 unspecified atom stereocenters. The second kappa shape index (κ2) is 9.40. The highest BCUT2D eigenvalue weighted by Gasteiger charge is 2.62. The van der Waals surface area contributed by atoms with Gasteiger partial charge in [0.05, 0.1) is 28.6 Å². The van der Waals surface area contributed by atoms with Gasteiger partial charge in [-0.05, 0) is 23.8 Å². The first-order valence-corrected chi connectivity index (χ1v) is 13.5. The molecule has 1 amide bonds. The van der Waals surface area contributed by atoms with Crippen LogP contribution in [0.1, 0.15) is 56.7 Å². The molecule has 4 aliphatic rings.